The third-order valence-corrected chi connectivity index (χ3v) is 3.65. The Kier molecular flexibility index (Phi) is 4.32. The first-order chi connectivity index (χ1) is 11.1. The van der Waals surface area contributed by atoms with E-state index in [0.717, 1.165) is 4.57 Å². The van der Waals surface area contributed by atoms with Gasteiger partial charge in [0.15, 0.2) is 0 Å². The van der Waals surface area contributed by atoms with Crippen molar-refractivity contribution in [1.29, 1.82) is 0 Å². The summed E-state index contributed by atoms with van der Waals surface area (Å²) in [5.41, 5.74) is -5.88. The van der Waals surface area contributed by atoms with Crippen molar-refractivity contribution in [3.63, 3.8) is 0 Å². The van der Waals surface area contributed by atoms with E-state index in [0.29, 0.717) is 0 Å². The van der Waals surface area contributed by atoms with E-state index in [1.807, 2.05) is 0 Å². The van der Waals surface area contributed by atoms with Gasteiger partial charge in [0.05, 0.1) is 6.61 Å². The molecule has 1 aromatic carbocycles. The van der Waals surface area contributed by atoms with Crippen LogP contribution in [-0.4, -0.2) is 39.5 Å². The standard InChI is InChI=1S/C15H14F3NO5/c1-3-24-13(22)14(23,15(16,17)18)10-8-6-4-5-7-9(8)19(2)11(10)12(20)21/h4-7,23H,3H2,1-2H3,(H,20,21). The van der Waals surface area contributed by atoms with Crippen LogP contribution in [0.15, 0.2) is 24.3 Å². The SMILES string of the molecule is CCOC(=O)C(O)(c1c(C(=O)O)n(C)c2ccccc12)C(F)(F)F. The Morgan fingerprint density at radius 1 is 1.25 bits per heavy atom. The van der Waals surface area contributed by atoms with Gasteiger partial charge in [-0.2, -0.15) is 13.2 Å². The monoisotopic (exact) mass is 345 g/mol. The van der Waals surface area contributed by atoms with Crippen LogP contribution in [-0.2, 0) is 22.2 Å². The van der Waals surface area contributed by atoms with E-state index in [9.17, 15) is 33.0 Å². The highest BCUT2D eigenvalue weighted by molar-refractivity contribution is 6.02. The Bertz CT molecular complexity index is 811. The largest absolute Gasteiger partial charge is 0.477 e. The van der Waals surface area contributed by atoms with Gasteiger partial charge < -0.3 is 19.5 Å². The number of aryl methyl sites for hydroxylation is 1. The molecule has 0 aliphatic rings. The van der Waals surface area contributed by atoms with Crippen molar-refractivity contribution in [3.8, 4) is 0 Å². The molecule has 1 heterocycles. The first-order valence-electron chi connectivity index (χ1n) is 6.84. The summed E-state index contributed by atoms with van der Waals surface area (Å²) in [4.78, 5) is 23.5. The summed E-state index contributed by atoms with van der Waals surface area (Å²) in [6.07, 6.45) is -5.48. The number of aromatic nitrogens is 1. The normalized spacial score (nSPS) is 14.4. The average Bonchev–Trinajstić information content (AvgIpc) is 2.79. The van der Waals surface area contributed by atoms with Crippen LogP contribution < -0.4 is 0 Å². The zero-order chi connectivity index (χ0) is 18.3. The Balaban J connectivity index is 2.97. The molecular weight excluding hydrogens is 331 g/mol. The number of halogens is 3. The van der Waals surface area contributed by atoms with Crippen molar-refractivity contribution < 1.29 is 37.7 Å². The van der Waals surface area contributed by atoms with Gasteiger partial charge in [-0.3, -0.25) is 0 Å². The van der Waals surface area contributed by atoms with Gasteiger partial charge in [0.25, 0.3) is 5.60 Å². The molecule has 2 rings (SSSR count). The molecule has 2 aromatic rings. The fourth-order valence-electron chi connectivity index (χ4n) is 2.60. The number of hydrogen-bond donors (Lipinski definition) is 2. The van der Waals surface area contributed by atoms with E-state index in [-0.39, 0.29) is 10.9 Å². The Hall–Kier alpha value is -2.55. The third kappa shape index (κ3) is 2.41. The second-order valence-electron chi connectivity index (χ2n) is 5.03. The third-order valence-electron chi connectivity index (χ3n) is 3.65. The molecule has 24 heavy (non-hydrogen) atoms. The number of aliphatic hydroxyl groups is 1. The first-order valence-corrected chi connectivity index (χ1v) is 6.84. The van der Waals surface area contributed by atoms with Crippen LogP contribution >= 0.6 is 0 Å². The molecular formula is C15H14F3NO5. The van der Waals surface area contributed by atoms with Gasteiger partial charge in [-0.25, -0.2) is 9.59 Å². The summed E-state index contributed by atoms with van der Waals surface area (Å²) in [5.74, 6) is -3.69. The van der Waals surface area contributed by atoms with E-state index in [1.54, 1.807) is 0 Å². The highest BCUT2D eigenvalue weighted by atomic mass is 19.4. The van der Waals surface area contributed by atoms with Gasteiger partial charge in [-0.05, 0) is 13.0 Å². The summed E-state index contributed by atoms with van der Waals surface area (Å²) >= 11 is 0. The first kappa shape index (κ1) is 17.8. The molecule has 0 bridgehead atoms. The van der Waals surface area contributed by atoms with Crippen LogP contribution in [0, 0.1) is 0 Å². The van der Waals surface area contributed by atoms with Crippen LogP contribution in [0.1, 0.15) is 23.0 Å². The number of hydrogen-bond acceptors (Lipinski definition) is 4. The number of aromatic carboxylic acids is 1. The number of fused-ring (bicyclic) bond motifs is 1. The second kappa shape index (κ2) is 5.82. The summed E-state index contributed by atoms with van der Waals surface area (Å²) in [6, 6.07) is 5.45. The number of carboxylic acids is 1. The Morgan fingerprint density at radius 2 is 1.83 bits per heavy atom. The second-order valence-corrected chi connectivity index (χ2v) is 5.03. The number of rotatable bonds is 4. The molecule has 1 unspecified atom stereocenters. The van der Waals surface area contributed by atoms with Crippen LogP contribution in [0.4, 0.5) is 13.2 Å². The molecule has 6 nitrogen and oxygen atoms in total. The van der Waals surface area contributed by atoms with E-state index < -0.39 is 41.6 Å². The number of benzene rings is 1. The van der Waals surface area contributed by atoms with Gasteiger partial charge in [0, 0.05) is 23.5 Å². The fourth-order valence-corrected chi connectivity index (χ4v) is 2.60. The summed E-state index contributed by atoms with van der Waals surface area (Å²) in [5, 5.41) is 19.4. The summed E-state index contributed by atoms with van der Waals surface area (Å²) < 4.78 is 46.1. The molecule has 1 aromatic heterocycles. The van der Waals surface area contributed by atoms with Crippen molar-refractivity contribution in [2.75, 3.05) is 6.61 Å². The number of ether oxygens (including phenoxy) is 1. The highest BCUT2D eigenvalue weighted by Crippen LogP contribution is 2.45. The van der Waals surface area contributed by atoms with Gasteiger partial charge in [-0.15, -0.1) is 0 Å². The number of esters is 1. The lowest BCUT2D eigenvalue weighted by Gasteiger charge is -2.28. The van der Waals surface area contributed by atoms with E-state index in [1.165, 1.54) is 38.2 Å². The van der Waals surface area contributed by atoms with Crippen LogP contribution in [0.25, 0.3) is 10.9 Å². The maximum Gasteiger partial charge on any atom is 0.432 e. The quantitative estimate of drug-likeness (QED) is 0.829. The summed E-state index contributed by atoms with van der Waals surface area (Å²) in [7, 11) is 1.23. The van der Waals surface area contributed by atoms with Gasteiger partial charge in [-0.1, -0.05) is 18.2 Å². The van der Waals surface area contributed by atoms with Crippen molar-refractivity contribution in [1.82, 2.24) is 4.57 Å². The lowest BCUT2D eigenvalue weighted by Crippen LogP contribution is -2.51. The zero-order valence-corrected chi connectivity index (χ0v) is 12.7. The topological polar surface area (TPSA) is 88.8 Å². The minimum atomic E-state index is -5.48. The zero-order valence-electron chi connectivity index (χ0n) is 12.7. The van der Waals surface area contributed by atoms with Crippen LogP contribution in [0.5, 0.6) is 0 Å². The van der Waals surface area contributed by atoms with Crippen LogP contribution in [0.2, 0.25) is 0 Å². The predicted molar refractivity (Wildman–Crippen MR) is 76.5 cm³/mol. The molecule has 0 saturated carbocycles. The molecule has 130 valence electrons. The van der Waals surface area contributed by atoms with Gasteiger partial charge in [0.1, 0.15) is 5.69 Å². The Morgan fingerprint density at radius 3 is 2.33 bits per heavy atom. The lowest BCUT2D eigenvalue weighted by atomic mass is 9.90. The van der Waals surface area contributed by atoms with Crippen molar-refractivity contribution in [2.45, 2.75) is 18.7 Å². The molecule has 0 fully saturated rings. The van der Waals surface area contributed by atoms with Crippen molar-refractivity contribution in [2.24, 2.45) is 7.05 Å². The minimum Gasteiger partial charge on any atom is -0.477 e. The Labute approximate surface area is 134 Å². The van der Waals surface area contributed by atoms with E-state index in [2.05, 4.69) is 4.74 Å². The summed E-state index contributed by atoms with van der Waals surface area (Å²) in [6.45, 7) is 0.861. The molecule has 1 atom stereocenters. The lowest BCUT2D eigenvalue weighted by molar-refractivity contribution is -0.267. The van der Waals surface area contributed by atoms with Gasteiger partial charge in [0.2, 0.25) is 0 Å². The molecule has 2 N–H and O–H groups in total. The number of carbonyl (C=O) groups is 2. The molecule has 0 saturated heterocycles. The van der Waals surface area contributed by atoms with Gasteiger partial charge >= 0.3 is 18.1 Å². The molecule has 0 radical (unpaired) electrons. The number of carbonyl (C=O) groups excluding carboxylic acids is 1. The number of carboxylic acid groups (broad SMARTS) is 1. The molecule has 0 aliphatic carbocycles. The number of alkyl halides is 3. The van der Waals surface area contributed by atoms with Crippen molar-refractivity contribution in [3.05, 3.63) is 35.5 Å². The predicted octanol–water partition coefficient (Wildman–Crippen LogP) is 2.19. The average molecular weight is 345 g/mol. The maximum atomic E-state index is 13.6. The van der Waals surface area contributed by atoms with Crippen LogP contribution in [0.3, 0.4) is 0 Å². The van der Waals surface area contributed by atoms with E-state index >= 15 is 0 Å². The maximum absolute atomic E-state index is 13.6. The van der Waals surface area contributed by atoms with Crippen molar-refractivity contribution >= 4 is 22.8 Å². The molecule has 0 aliphatic heterocycles. The number of nitrogens with zero attached hydrogens (tertiary/aromatic N) is 1. The number of para-hydroxylation sites is 1. The molecule has 0 spiro atoms. The van der Waals surface area contributed by atoms with E-state index in [4.69, 9.17) is 0 Å². The smallest absolute Gasteiger partial charge is 0.432 e. The molecule has 0 amide bonds. The molecule has 9 heteroatoms. The minimum absolute atomic E-state index is 0.122. The fraction of sp³-hybridized carbons (Fsp3) is 0.333. The highest BCUT2D eigenvalue weighted by Gasteiger charge is 2.64.